The molecule has 1 aromatic rings. The molecule has 0 fully saturated rings. The molecular weight excluding hydrogens is 337 g/mol. The van der Waals surface area contributed by atoms with Gasteiger partial charge in [-0.15, -0.1) is 12.6 Å². The van der Waals surface area contributed by atoms with Crippen LogP contribution in [0.1, 0.15) is 0 Å². The monoisotopic (exact) mass is 349 g/mol. The first-order valence-corrected chi connectivity index (χ1v) is 7.07. The van der Waals surface area contributed by atoms with Crippen molar-refractivity contribution in [1.29, 1.82) is 0 Å². The van der Waals surface area contributed by atoms with Crippen molar-refractivity contribution in [3.63, 3.8) is 0 Å². The molecule has 0 spiro atoms. The predicted molar refractivity (Wildman–Crippen MR) is 82.0 cm³/mol. The maximum atomic E-state index is 15.4. The van der Waals surface area contributed by atoms with Crippen molar-refractivity contribution in [2.75, 3.05) is 17.2 Å². The molecule has 0 radical (unpaired) electrons. The van der Waals surface area contributed by atoms with Crippen LogP contribution < -0.4 is 10.6 Å². The van der Waals surface area contributed by atoms with Crippen molar-refractivity contribution in [1.82, 2.24) is 0 Å². The second-order valence-electron chi connectivity index (χ2n) is 5.35. The van der Waals surface area contributed by atoms with Crippen LogP contribution in [0.5, 0.6) is 0 Å². The summed E-state index contributed by atoms with van der Waals surface area (Å²) < 4.78 is 71.1. The number of benzene rings is 1. The second-order valence-corrected chi connectivity index (χ2v) is 5.97. The average molecular weight is 349 g/mol. The van der Waals surface area contributed by atoms with Gasteiger partial charge in [-0.2, -0.15) is 8.78 Å². The summed E-state index contributed by atoms with van der Waals surface area (Å²) in [7, 11) is 0. The first-order valence-electron chi connectivity index (χ1n) is 6.62. The molecule has 0 amide bonds. The quantitative estimate of drug-likeness (QED) is 0.267. The summed E-state index contributed by atoms with van der Waals surface area (Å²) in [6.07, 6.45) is -1.02. The normalized spacial score (nSPS) is 35.2. The molecule has 2 N–H and O–H groups in total. The topological polar surface area (TPSA) is 41.6 Å². The molecular formula is C14H12F5N3S. The van der Waals surface area contributed by atoms with Gasteiger partial charge < -0.3 is 10.6 Å². The molecule has 3 nitrogen and oxygen atoms in total. The summed E-state index contributed by atoms with van der Waals surface area (Å²) in [6.45, 7) is -0.309. The number of rotatable bonds is 1. The molecule has 1 aliphatic heterocycles. The lowest BCUT2D eigenvalue weighted by molar-refractivity contribution is -0.174. The zero-order valence-corrected chi connectivity index (χ0v) is 12.5. The van der Waals surface area contributed by atoms with Crippen LogP contribution in [0, 0.1) is 0 Å². The molecule has 3 unspecified atom stereocenters. The minimum absolute atomic E-state index is 0.0174. The molecule has 124 valence electrons. The summed E-state index contributed by atoms with van der Waals surface area (Å²) in [6, 6.07) is 4.21. The molecule has 1 heterocycles. The third kappa shape index (κ3) is 2.05. The first kappa shape index (κ1) is 16.1. The number of halogens is 5. The minimum atomic E-state index is -4.66. The van der Waals surface area contributed by atoms with E-state index in [0.717, 1.165) is 0 Å². The van der Waals surface area contributed by atoms with E-state index in [1.165, 1.54) is 24.4 Å². The number of hydrogen-bond donors (Lipinski definition) is 2. The number of fused-ring (bicyclic) bond motifs is 1. The van der Waals surface area contributed by atoms with Gasteiger partial charge in [-0.05, 0) is 30.4 Å². The second kappa shape index (κ2) is 4.86. The fourth-order valence-electron chi connectivity index (χ4n) is 2.62. The van der Waals surface area contributed by atoms with Crippen LogP contribution >= 0.6 is 12.6 Å². The summed E-state index contributed by atoms with van der Waals surface area (Å²) in [5, 5.41) is -4.10. The lowest BCUT2D eigenvalue weighted by Gasteiger charge is -2.49. The highest BCUT2D eigenvalue weighted by molar-refractivity contribution is 7.81. The maximum absolute atomic E-state index is 15.4. The van der Waals surface area contributed by atoms with Crippen molar-refractivity contribution in [3.8, 4) is 0 Å². The van der Waals surface area contributed by atoms with Gasteiger partial charge in [0, 0.05) is 11.9 Å². The summed E-state index contributed by atoms with van der Waals surface area (Å²) in [5.74, 6) is -8.05. The van der Waals surface area contributed by atoms with Gasteiger partial charge in [-0.3, -0.25) is 4.99 Å². The van der Waals surface area contributed by atoms with E-state index in [0.29, 0.717) is 17.1 Å². The van der Waals surface area contributed by atoms with E-state index >= 15 is 4.39 Å². The lowest BCUT2D eigenvalue weighted by atomic mass is 9.90. The van der Waals surface area contributed by atoms with Gasteiger partial charge in [0.2, 0.25) is 0 Å². The molecule has 2 aliphatic rings. The Hall–Kier alpha value is -1.77. The van der Waals surface area contributed by atoms with Crippen molar-refractivity contribution in [2.45, 2.75) is 22.9 Å². The third-order valence-electron chi connectivity index (χ3n) is 3.92. The summed E-state index contributed by atoms with van der Waals surface area (Å²) >= 11 is 3.17. The van der Waals surface area contributed by atoms with E-state index in [1.807, 2.05) is 0 Å². The maximum Gasteiger partial charge on any atom is 0.330 e. The number of nitrogens with zero attached hydrogens (tertiary/aromatic N) is 2. The van der Waals surface area contributed by atoms with Crippen LogP contribution in [0.15, 0.2) is 35.3 Å². The van der Waals surface area contributed by atoms with Gasteiger partial charge in [0.1, 0.15) is 0 Å². The highest BCUT2D eigenvalue weighted by Gasteiger charge is 2.73. The molecule has 0 bridgehead atoms. The van der Waals surface area contributed by atoms with E-state index in [1.54, 1.807) is 0 Å². The van der Waals surface area contributed by atoms with Gasteiger partial charge in [-0.1, -0.05) is 0 Å². The summed E-state index contributed by atoms with van der Waals surface area (Å²) in [5.41, 5.74) is 6.08. The fourth-order valence-corrected chi connectivity index (χ4v) is 2.94. The Labute approximate surface area is 134 Å². The number of thiol groups is 1. The van der Waals surface area contributed by atoms with Crippen LogP contribution in [0.2, 0.25) is 0 Å². The van der Waals surface area contributed by atoms with Gasteiger partial charge in [-0.25, -0.2) is 13.2 Å². The zero-order valence-electron chi connectivity index (χ0n) is 11.6. The number of allylic oxidation sites excluding steroid dienone is 1. The van der Waals surface area contributed by atoms with Crippen molar-refractivity contribution >= 4 is 35.9 Å². The SMILES string of the molecule is Nc1ccc2c(c1)N(C1(F)C=CC(F)C(F)(F)C1(F)S)CC=N2. The molecule has 1 aliphatic carbocycles. The fraction of sp³-hybridized carbons (Fsp3) is 0.357. The number of nitrogens with two attached hydrogens (primary N) is 1. The Morgan fingerprint density at radius 1 is 1.26 bits per heavy atom. The smallest absolute Gasteiger partial charge is 0.330 e. The Morgan fingerprint density at radius 2 is 1.96 bits per heavy atom. The molecule has 3 rings (SSSR count). The zero-order chi connectivity index (χ0) is 17.0. The van der Waals surface area contributed by atoms with Crippen LogP contribution in [0.4, 0.5) is 39.0 Å². The number of alkyl halides is 5. The van der Waals surface area contributed by atoms with Crippen molar-refractivity contribution in [3.05, 3.63) is 30.4 Å². The average Bonchev–Trinajstić information content (AvgIpc) is 2.49. The highest BCUT2D eigenvalue weighted by Crippen LogP contribution is 2.55. The molecule has 3 atom stereocenters. The first-order chi connectivity index (χ1) is 10.6. The Kier molecular flexibility index (Phi) is 3.40. The predicted octanol–water partition coefficient (Wildman–Crippen LogP) is 3.60. The van der Waals surface area contributed by atoms with E-state index in [4.69, 9.17) is 5.73 Å². The number of hydrogen-bond acceptors (Lipinski definition) is 4. The standard InChI is InChI=1S/C14H12F5N3S/c15-11-3-4-12(16,14(19,23)13(11,17)18)22-6-5-21-9-2-1-8(20)7-10(9)22/h1-5,7,11,23H,6,20H2. The van der Waals surface area contributed by atoms with Gasteiger partial charge >= 0.3 is 5.92 Å². The molecule has 0 saturated carbocycles. The number of aliphatic imine (C=N–C) groups is 1. The van der Waals surface area contributed by atoms with E-state index in [9.17, 15) is 17.6 Å². The molecule has 1 aromatic carbocycles. The van der Waals surface area contributed by atoms with E-state index in [-0.39, 0.29) is 23.6 Å². The van der Waals surface area contributed by atoms with Crippen molar-refractivity contribution in [2.24, 2.45) is 4.99 Å². The van der Waals surface area contributed by atoms with Crippen LogP contribution in [0.3, 0.4) is 0 Å². The molecule has 9 heteroatoms. The largest absolute Gasteiger partial charge is 0.399 e. The van der Waals surface area contributed by atoms with Crippen LogP contribution in [-0.2, 0) is 0 Å². The van der Waals surface area contributed by atoms with Gasteiger partial charge in [0.25, 0.3) is 10.8 Å². The highest BCUT2D eigenvalue weighted by atomic mass is 32.1. The summed E-state index contributed by atoms with van der Waals surface area (Å²) in [4.78, 5) is 4.69. The Balaban J connectivity index is 2.17. The van der Waals surface area contributed by atoms with Crippen LogP contribution in [0.25, 0.3) is 0 Å². The van der Waals surface area contributed by atoms with E-state index < -0.39 is 22.9 Å². The molecule has 0 saturated heterocycles. The minimum Gasteiger partial charge on any atom is -0.399 e. The Bertz CT molecular complexity index is 706. The number of anilines is 2. The van der Waals surface area contributed by atoms with Gasteiger partial charge in [0.05, 0.1) is 17.9 Å². The Morgan fingerprint density at radius 3 is 2.65 bits per heavy atom. The van der Waals surface area contributed by atoms with Gasteiger partial charge in [0.15, 0.2) is 6.17 Å². The lowest BCUT2D eigenvalue weighted by Crippen LogP contribution is -2.68. The van der Waals surface area contributed by atoms with Crippen molar-refractivity contribution < 1.29 is 22.0 Å². The molecule has 23 heavy (non-hydrogen) atoms. The van der Waals surface area contributed by atoms with E-state index in [2.05, 4.69) is 17.6 Å². The third-order valence-corrected chi connectivity index (χ3v) is 4.53. The molecule has 0 aromatic heterocycles. The van der Waals surface area contributed by atoms with Crippen LogP contribution in [-0.4, -0.2) is 35.6 Å². The number of nitrogen functional groups attached to an aromatic ring is 1.